The predicted molar refractivity (Wildman–Crippen MR) is 92.8 cm³/mol. The van der Waals surface area contributed by atoms with E-state index < -0.39 is 33.5 Å². The number of nitrogens with zero attached hydrogens (tertiary/aromatic N) is 3. The van der Waals surface area contributed by atoms with Crippen molar-refractivity contribution < 1.29 is 26.7 Å². The minimum atomic E-state index is -3.76. The van der Waals surface area contributed by atoms with E-state index in [-0.39, 0.29) is 23.9 Å². The second-order valence-electron chi connectivity index (χ2n) is 6.14. The van der Waals surface area contributed by atoms with Gasteiger partial charge >= 0.3 is 0 Å². The van der Waals surface area contributed by atoms with Crippen LogP contribution in [0.1, 0.15) is 18.4 Å². The first-order chi connectivity index (χ1) is 12.9. The van der Waals surface area contributed by atoms with Crippen LogP contribution in [0, 0.1) is 11.6 Å². The summed E-state index contributed by atoms with van der Waals surface area (Å²) in [4.78, 5) is 8.05. The van der Waals surface area contributed by atoms with Crippen LogP contribution in [0.2, 0.25) is 0 Å². The van der Waals surface area contributed by atoms with Gasteiger partial charge in [-0.1, -0.05) is 0 Å². The van der Waals surface area contributed by atoms with Crippen LogP contribution in [0.15, 0.2) is 30.6 Å². The zero-order chi connectivity index (χ0) is 19.4. The average molecular weight is 399 g/mol. The van der Waals surface area contributed by atoms with E-state index in [2.05, 4.69) is 9.97 Å². The zero-order valence-electron chi connectivity index (χ0n) is 14.6. The minimum absolute atomic E-state index is 0.0612. The summed E-state index contributed by atoms with van der Waals surface area (Å²) in [6.45, 7) is 0.428. The molecule has 7 nitrogen and oxygen atoms in total. The Morgan fingerprint density at radius 2 is 1.81 bits per heavy atom. The van der Waals surface area contributed by atoms with Gasteiger partial charge in [0.05, 0.1) is 19.4 Å². The molecule has 1 aromatic carbocycles. The van der Waals surface area contributed by atoms with E-state index in [1.807, 2.05) is 0 Å². The molecule has 0 aliphatic carbocycles. The van der Waals surface area contributed by atoms with E-state index in [0.717, 1.165) is 12.1 Å². The maximum atomic E-state index is 13.3. The van der Waals surface area contributed by atoms with E-state index in [1.54, 1.807) is 0 Å². The highest BCUT2D eigenvalue weighted by Gasteiger charge is 2.31. The van der Waals surface area contributed by atoms with Crippen molar-refractivity contribution in [2.24, 2.45) is 0 Å². The molecule has 0 saturated carbocycles. The van der Waals surface area contributed by atoms with Crippen LogP contribution >= 0.6 is 0 Å². The van der Waals surface area contributed by atoms with Crippen LogP contribution in [0.4, 0.5) is 8.78 Å². The van der Waals surface area contributed by atoms with Crippen molar-refractivity contribution in [1.29, 1.82) is 0 Å². The minimum Gasteiger partial charge on any atom is -0.477 e. The molecule has 0 bridgehead atoms. The second-order valence-corrected chi connectivity index (χ2v) is 8.11. The number of methoxy groups -OCH3 is 1. The first-order valence-electron chi connectivity index (χ1n) is 8.32. The topological polar surface area (TPSA) is 81.6 Å². The summed E-state index contributed by atoms with van der Waals surface area (Å²) in [6, 6.07) is 2.74. The van der Waals surface area contributed by atoms with E-state index >= 15 is 0 Å². The van der Waals surface area contributed by atoms with Gasteiger partial charge in [-0.2, -0.15) is 4.31 Å². The second kappa shape index (κ2) is 8.13. The Bertz CT molecular complexity index is 891. The Hall–Kier alpha value is -2.33. The van der Waals surface area contributed by atoms with Crippen molar-refractivity contribution in [2.75, 3.05) is 20.2 Å². The standard InChI is InChI=1S/C17H19F2N3O4S/c1-25-16-17(21-5-4-20-16)26-15-3-2-6-22(10-15)27(23,24)11-12-7-13(18)9-14(19)8-12/h4-5,7-9,15H,2-3,6,10-11H2,1H3. The van der Waals surface area contributed by atoms with Crippen LogP contribution in [-0.2, 0) is 15.8 Å². The molecule has 1 aromatic heterocycles. The first kappa shape index (κ1) is 19.4. The Kier molecular flexibility index (Phi) is 5.85. The molecule has 10 heteroatoms. The molecule has 27 heavy (non-hydrogen) atoms. The molecule has 1 aliphatic heterocycles. The highest BCUT2D eigenvalue weighted by atomic mass is 32.2. The molecule has 1 fully saturated rings. The predicted octanol–water partition coefficient (Wildman–Crippen LogP) is 2.14. The normalized spacial score (nSPS) is 18.3. The molecular weight excluding hydrogens is 380 g/mol. The summed E-state index contributed by atoms with van der Waals surface area (Å²) in [7, 11) is -2.32. The van der Waals surface area contributed by atoms with Gasteiger partial charge in [0.15, 0.2) is 0 Å². The number of sulfonamides is 1. The average Bonchev–Trinajstić information content (AvgIpc) is 2.61. The maximum Gasteiger partial charge on any atom is 0.278 e. The fourth-order valence-corrected chi connectivity index (χ4v) is 4.51. The molecular formula is C17H19F2N3O4S. The van der Waals surface area contributed by atoms with E-state index in [0.29, 0.717) is 25.5 Å². The molecule has 146 valence electrons. The van der Waals surface area contributed by atoms with Gasteiger partial charge in [0.1, 0.15) is 17.7 Å². The summed E-state index contributed by atoms with van der Waals surface area (Å²) >= 11 is 0. The van der Waals surface area contributed by atoms with Gasteiger partial charge < -0.3 is 9.47 Å². The molecule has 2 heterocycles. The third-order valence-corrected chi connectivity index (χ3v) is 5.93. The first-order valence-corrected chi connectivity index (χ1v) is 9.93. The molecule has 0 amide bonds. The van der Waals surface area contributed by atoms with Crippen molar-refractivity contribution in [3.63, 3.8) is 0 Å². The Morgan fingerprint density at radius 3 is 2.48 bits per heavy atom. The quantitative estimate of drug-likeness (QED) is 0.740. The van der Waals surface area contributed by atoms with Crippen molar-refractivity contribution in [3.05, 3.63) is 47.8 Å². The van der Waals surface area contributed by atoms with Crippen LogP contribution < -0.4 is 9.47 Å². The van der Waals surface area contributed by atoms with Gasteiger partial charge in [-0.25, -0.2) is 27.2 Å². The van der Waals surface area contributed by atoms with Gasteiger partial charge in [0.25, 0.3) is 11.8 Å². The van der Waals surface area contributed by atoms with Gasteiger partial charge in [-0.15, -0.1) is 0 Å². The molecule has 0 spiro atoms. The van der Waals surface area contributed by atoms with E-state index in [4.69, 9.17) is 9.47 Å². The van der Waals surface area contributed by atoms with Crippen molar-refractivity contribution in [3.8, 4) is 11.8 Å². The number of ether oxygens (including phenoxy) is 2. The molecule has 3 rings (SSSR count). The number of piperidine rings is 1. The van der Waals surface area contributed by atoms with Crippen molar-refractivity contribution in [1.82, 2.24) is 14.3 Å². The molecule has 1 unspecified atom stereocenters. The molecule has 1 aliphatic rings. The van der Waals surface area contributed by atoms with E-state index in [1.165, 1.54) is 23.8 Å². The van der Waals surface area contributed by atoms with Crippen LogP contribution in [0.25, 0.3) is 0 Å². The van der Waals surface area contributed by atoms with Crippen molar-refractivity contribution in [2.45, 2.75) is 24.7 Å². The Morgan fingerprint density at radius 1 is 1.15 bits per heavy atom. The lowest BCUT2D eigenvalue weighted by molar-refractivity contribution is 0.119. The fraction of sp³-hybridized carbons (Fsp3) is 0.412. The summed E-state index contributed by atoms with van der Waals surface area (Å²) in [5.74, 6) is -1.70. The number of halogens is 2. The molecule has 0 N–H and O–H groups in total. The van der Waals surface area contributed by atoms with Crippen LogP contribution in [-0.4, -0.2) is 49.0 Å². The number of aromatic nitrogens is 2. The monoisotopic (exact) mass is 399 g/mol. The zero-order valence-corrected chi connectivity index (χ0v) is 15.5. The summed E-state index contributed by atoms with van der Waals surface area (Å²) in [5.41, 5.74) is 0.0612. The lowest BCUT2D eigenvalue weighted by Gasteiger charge is -2.31. The number of hydrogen-bond acceptors (Lipinski definition) is 6. The van der Waals surface area contributed by atoms with Crippen molar-refractivity contribution >= 4 is 10.0 Å². The Balaban J connectivity index is 1.71. The Labute approximate surface area is 156 Å². The highest BCUT2D eigenvalue weighted by Crippen LogP contribution is 2.25. The summed E-state index contributed by atoms with van der Waals surface area (Å²) < 4.78 is 64.1. The smallest absolute Gasteiger partial charge is 0.278 e. The van der Waals surface area contributed by atoms with Crippen LogP contribution in [0.5, 0.6) is 11.8 Å². The lowest BCUT2D eigenvalue weighted by Crippen LogP contribution is -2.44. The van der Waals surface area contributed by atoms with Gasteiger partial charge in [-0.05, 0) is 30.5 Å². The number of rotatable bonds is 6. The molecule has 1 saturated heterocycles. The van der Waals surface area contributed by atoms with Crippen LogP contribution in [0.3, 0.4) is 0 Å². The molecule has 0 radical (unpaired) electrons. The van der Waals surface area contributed by atoms with Gasteiger partial charge in [0, 0.05) is 25.0 Å². The van der Waals surface area contributed by atoms with Gasteiger partial charge in [-0.3, -0.25) is 0 Å². The number of hydrogen-bond donors (Lipinski definition) is 0. The number of benzene rings is 1. The largest absolute Gasteiger partial charge is 0.477 e. The summed E-state index contributed by atoms with van der Waals surface area (Å²) in [6.07, 6.45) is 3.71. The SMILES string of the molecule is COc1nccnc1OC1CCCN(S(=O)(=O)Cc2cc(F)cc(F)c2)C1. The maximum absolute atomic E-state index is 13.3. The molecule has 1 atom stereocenters. The molecule has 2 aromatic rings. The fourth-order valence-electron chi connectivity index (χ4n) is 2.94. The lowest BCUT2D eigenvalue weighted by atomic mass is 10.1. The third-order valence-electron chi connectivity index (χ3n) is 4.11. The van der Waals surface area contributed by atoms with E-state index in [9.17, 15) is 17.2 Å². The van der Waals surface area contributed by atoms with Gasteiger partial charge in [0.2, 0.25) is 10.0 Å². The summed E-state index contributed by atoms with van der Waals surface area (Å²) in [5, 5.41) is 0. The third kappa shape index (κ3) is 4.89. The highest BCUT2D eigenvalue weighted by molar-refractivity contribution is 7.88.